The molecule has 1 atom stereocenters. The molecular formula is C27H25FN4O3. The van der Waals surface area contributed by atoms with E-state index in [1.54, 1.807) is 40.9 Å². The molecule has 1 aliphatic rings. The number of hydrogen-bond donors (Lipinski definition) is 0. The van der Waals surface area contributed by atoms with Crippen molar-refractivity contribution in [2.45, 2.75) is 32.4 Å². The van der Waals surface area contributed by atoms with Gasteiger partial charge in [0, 0.05) is 18.7 Å². The zero-order valence-electron chi connectivity index (χ0n) is 19.4. The maximum atomic E-state index is 13.7. The minimum atomic E-state index is -0.897. The highest BCUT2D eigenvalue weighted by molar-refractivity contribution is 6.04. The maximum absolute atomic E-state index is 13.7. The minimum Gasteiger partial charge on any atom is -0.449 e. The largest absolute Gasteiger partial charge is 0.449 e. The van der Waals surface area contributed by atoms with Crippen LogP contribution < -0.4 is 0 Å². The van der Waals surface area contributed by atoms with Gasteiger partial charge in [0.05, 0.1) is 29.4 Å². The van der Waals surface area contributed by atoms with Gasteiger partial charge in [0.2, 0.25) is 0 Å². The van der Waals surface area contributed by atoms with Crippen molar-refractivity contribution >= 4 is 22.9 Å². The summed E-state index contributed by atoms with van der Waals surface area (Å²) in [5.41, 5.74) is 2.87. The Labute approximate surface area is 202 Å². The Morgan fingerprint density at radius 1 is 1.06 bits per heavy atom. The molecule has 4 aromatic rings. The van der Waals surface area contributed by atoms with E-state index in [9.17, 15) is 14.0 Å². The molecule has 8 heteroatoms. The highest BCUT2D eigenvalue weighted by atomic mass is 19.1. The van der Waals surface area contributed by atoms with Gasteiger partial charge in [-0.1, -0.05) is 42.5 Å². The number of amides is 1. The van der Waals surface area contributed by atoms with Gasteiger partial charge in [-0.05, 0) is 43.5 Å². The molecule has 1 saturated heterocycles. The molecule has 1 unspecified atom stereocenters. The smallest absolute Gasteiger partial charge is 0.339 e. The number of carbonyl (C=O) groups excluding carboxylic acids is 2. The predicted octanol–water partition coefficient (Wildman–Crippen LogP) is 4.45. The quantitative estimate of drug-likeness (QED) is 0.388. The van der Waals surface area contributed by atoms with Crippen LogP contribution in [-0.2, 0) is 16.1 Å². The first-order valence-corrected chi connectivity index (χ1v) is 11.7. The van der Waals surface area contributed by atoms with Crippen molar-refractivity contribution in [1.82, 2.24) is 19.7 Å². The molecule has 1 fully saturated rings. The van der Waals surface area contributed by atoms with E-state index in [1.165, 1.54) is 12.1 Å². The van der Waals surface area contributed by atoms with E-state index in [-0.39, 0.29) is 23.8 Å². The summed E-state index contributed by atoms with van der Waals surface area (Å²) >= 11 is 0. The molecule has 1 aliphatic heterocycles. The summed E-state index contributed by atoms with van der Waals surface area (Å²) in [6.45, 7) is 3.25. The van der Waals surface area contributed by atoms with Gasteiger partial charge in [0.25, 0.3) is 5.91 Å². The molecule has 35 heavy (non-hydrogen) atoms. The lowest BCUT2D eigenvalue weighted by Crippen LogP contribution is -2.38. The van der Waals surface area contributed by atoms with Crippen LogP contribution in [0.2, 0.25) is 0 Å². The Balaban J connectivity index is 1.52. The molecular weight excluding hydrogens is 447 g/mol. The average Bonchev–Trinajstić information content (AvgIpc) is 3.54. The minimum absolute atomic E-state index is 0.189. The number of rotatable bonds is 6. The zero-order chi connectivity index (χ0) is 24.4. The molecule has 0 N–H and O–H groups in total. The summed E-state index contributed by atoms with van der Waals surface area (Å²) in [4.78, 5) is 32.5. The number of benzene rings is 2. The molecule has 0 spiro atoms. The summed E-state index contributed by atoms with van der Waals surface area (Å²) in [7, 11) is 0. The van der Waals surface area contributed by atoms with Crippen molar-refractivity contribution in [3.63, 3.8) is 0 Å². The van der Waals surface area contributed by atoms with Crippen LogP contribution in [0.3, 0.4) is 0 Å². The van der Waals surface area contributed by atoms with Gasteiger partial charge in [-0.15, -0.1) is 0 Å². The lowest BCUT2D eigenvalue weighted by molar-refractivity contribution is -0.138. The molecule has 3 heterocycles. The molecule has 2 aromatic carbocycles. The first-order chi connectivity index (χ1) is 17.0. The Kier molecular flexibility index (Phi) is 6.27. The second-order valence-electron chi connectivity index (χ2n) is 8.67. The molecule has 178 valence electrons. The summed E-state index contributed by atoms with van der Waals surface area (Å²) in [5.74, 6) is -1.14. The van der Waals surface area contributed by atoms with Crippen LogP contribution in [0.1, 0.15) is 35.7 Å². The molecule has 5 rings (SSSR count). The third kappa shape index (κ3) is 4.77. The summed E-state index contributed by atoms with van der Waals surface area (Å²) < 4.78 is 21.0. The van der Waals surface area contributed by atoms with Crippen LogP contribution in [0.5, 0.6) is 0 Å². The van der Waals surface area contributed by atoms with Crippen molar-refractivity contribution in [3.05, 3.63) is 83.8 Å². The molecule has 0 radical (unpaired) electrons. The number of esters is 1. The first kappa shape index (κ1) is 22.7. The van der Waals surface area contributed by atoms with Crippen LogP contribution in [0.4, 0.5) is 4.39 Å². The SMILES string of the molecule is CC(OC(=O)c1cc(-c2ccccc2)nc2c1cnn2Cc1cccc(F)c1)C(=O)N1CCCC1. The van der Waals surface area contributed by atoms with Crippen LogP contribution in [0.15, 0.2) is 66.9 Å². The normalized spacial score (nSPS) is 14.3. The summed E-state index contributed by atoms with van der Waals surface area (Å²) in [6, 6.07) is 17.4. The average molecular weight is 473 g/mol. The van der Waals surface area contributed by atoms with Crippen molar-refractivity contribution in [1.29, 1.82) is 0 Å². The standard InChI is InChI=1S/C27H25FN4O3/c1-18(26(33)31-12-5-6-13-31)35-27(34)22-15-24(20-9-3-2-4-10-20)30-25-23(22)16-29-32(25)17-19-8-7-11-21(28)14-19/h2-4,7-11,14-16,18H,5-6,12-13,17H2,1H3. The highest BCUT2D eigenvalue weighted by Crippen LogP contribution is 2.26. The van der Waals surface area contributed by atoms with Gasteiger partial charge in [-0.2, -0.15) is 5.10 Å². The van der Waals surface area contributed by atoms with Gasteiger partial charge in [0.1, 0.15) is 5.82 Å². The lowest BCUT2D eigenvalue weighted by atomic mass is 10.1. The van der Waals surface area contributed by atoms with Gasteiger partial charge in [0.15, 0.2) is 11.8 Å². The van der Waals surface area contributed by atoms with E-state index in [0.717, 1.165) is 24.0 Å². The fraction of sp³-hybridized carbons (Fsp3) is 0.259. The number of ether oxygens (including phenoxy) is 1. The third-order valence-corrected chi connectivity index (χ3v) is 6.17. The maximum Gasteiger partial charge on any atom is 0.339 e. The number of fused-ring (bicyclic) bond motifs is 1. The van der Waals surface area contributed by atoms with Crippen LogP contribution in [0, 0.1) is 5.82 Å². The third-order valence-electron chi connectivity index (χ3n) is 6.17. The second-order valence-corrected chi connectivity index (χ2v) is 8.67. The molecule has 0 aliphatic carbocycles. The first-order valence-electron chi connectivity index (χ1n) is 11.7. The van der Waals surface area contributed by atoms with Crippen LogP contribution >= 0.6 is 0 Å². The highest BCUT2D eigenvalue weighted by Gasteiger charge is 2.28. The molecule has 1 amide bonds. The monoisotopic (exact) mass is 472 g/mol. The number of hydrogen-bond acceptors (Lipinski definition) is 5. The van der Waals surface area contributed by atoms with E-state index in [1.807, 2.05) is 30.3 Å². The van der Waals surface area contributed by atoms with Gasteiger partial charge < -0.3 is 9.64 Å². The van der Waals surface area contributed by atoms with E-state index < -0.39 is 12.1 Å². The Bertz CT molecular complexity index is 1380. The predicted molar refractivity (Wildman–Crippen MR) is 129 cm³/mol. The zero-order valence-corrected chi connectivity index (χ0v) is 19.4. The Morgan fingerprint density at radius 2 is 1.83 bits per heavy atom. The number of nitrogens with zero attached hydrogens (tertiary/aromatic N) is 4. The van der Waals surface area contributed by atoms with Crippen LogP contribution in [-0.4, -0.2) is 50.7 Å². The van der Waals surface area contributed by atoms with Crippen molar-refractivity contribution in [2.75, 3.05) is 13.1 Å². The van der Waals surface area contributed by atoms with E-state index in [2.05, 4.69) is 5.10 Å². The number of likely N-dealkylation sites (tertiary alicyclic amines) is 1. The van der Waals surface area contributed by atoms with E-state index >= 15 is 0 Å². The fourth-order valence-electron chi connectivity index (χ4n) is 4.37. The molecule has 0 bridgehead atoms. The Morgan fingerprint density at radius 3 is 2.57 bits per heavy atom. The Hall–Kier alpha value is -4.07. The summed E-state index contributed by atoms with van der Waals surface area (Å²) in [6.07, 6.45) is 2.58. The number of carbonyl (C=O) groups is 2. The van der Waals surface area contributed by atoms with Crippen LogP contribution in [0.25, 0.3) is 22.3 Å². The molecule has 2 aromatic heterocycles. The fourth-order valence-corrected chi connectivity index (χ4v) is 4.37. The van der Waals surface area contributed by atoms with Crippen molar-refractivity contribution in [2.24, 2.45) is 0 Å². The van der Waals surface area contributed by atoms with E-state index in [0.29, 0.717) is 29.8 Å². The van der Waals surface area contributed by atoms with Crippen molar-refractivity contribution in [3.8, 4) is 11.3 Å². The van der Waals surface area contributed by atoms with Gasteiger partial charge in [-0.25, -0.2) is 18.9 Å². The van der Waals surface area contributed by atoms with Gasteiger partial charge >= 0.3 is 5.97 Å². The molecule has 7 nitrogen and oxygen atoms in total. The number of aromatic nitrogens is 3. The van der Waals surface area contributed by atoms with Crippen molar-refractivity contribution < 1.29 is 18.7 Å². The molecule has 0 saturated carbocycles. The number of pyridine rings is 1. The van der Waals surface area contributed by atoms with E-state index in [4.69, 9.17) is 9.72 Å². The summed E-state index contributed by atoms with van der Waals surface area (Å²) in [5, 5.41) is 4.93. The van der Waals surface area contributed by atoms with Gasteiger partial charge in [-0.3, -0.25) is 4.79 Å². The topological polar surface area (TPSA) is 77.3 Å². The second kappa shape index (κ2) is 9.66. The number of halogens is 1. The lowest BCUT2D eigenvalue weighted by Gasteiger charge is -2.20.